The van der Waals surface area contributed by atoms with E-state index in [1.54, 1.807) is 12.1 Å². The predicted octanol–water partition coefficient (Wildman–Crippen LogP) is 3.30. The molecule has 2 rings (SSSR count). The molecule has 0 radical (unpaired) electrons. The number of amides is 1. The minimum absolute atomic E-state index is 0.133. The molecule has 1 heterocycles. The first-order chi connectivity index (χ1) is 8.42. The van der Waals surface area contributed by atoms with Gasteiger partial charge in [0.05, 0.1) is 5.69 Å². The van der Waals surface area contributed by atoms with E-state index >= 15 is 0 Å². The van der Waals surface area contributed by atoms with Crippen LogP contribution in [0, 0.1) is 0 Å². The first kappa shape index (κ1) is 13.8. The number of rotatable bonds is 2. The van der Waals surface area contributed by atoms with Gasteiger partial charge in [0.1, 0.15) is 5.60 Å². The quantitative estimate of drug-likeness (QED) is 0.777. The van der Waals surface area contributed by atoms with Crippen molar-refractivity contribution in [3.05, 3.63) is 21.1 Å². The van der Waals surface area contributed by atoms with Gasteiger partial charge in [0, 0.05) is 21.2 Å². The van der Waals surface area contributed by atoms with Crippen molar-refractivity contribution in [2.24, 2.45) is 0 Å². The molecule has 1 amide bonds. The number of hydrogen-bond acceptors (Lipinski definition) is 3. The van der Waals surface area contributed by atoms with Crippen LogP contribution in [0.25, 0.3) is 0 Å². The number of benzene rings is 1. The highest BCUT2D eigenvalue weighted by Crippen LogP contribution is 2.35. The molecule has 1 aliphatic heterocycles. The maximum Gasteiger partial charge on any atom is 0.256 e. The molecule has 0 saturated carbocycles. The summed E-state index contributed by atoms with van der Waals surface area (Å²) in [5, 5.41) is 2.87. The number of nitrogens with two attached hydrogens (primary N) is 1. The number of carbonyl (C=O) groups is 1. The van der Waals surface area contributed by atoms with Crippen LogP contribution in [0.1, 0.15) is 19.8 Å². The van der Waals surface area contributed by atoms with E-state index in [0.29, 0.717) is 18.0 Å². The van der Waals surface area contributed by atoms with Crippen molar-refractivity contribution in [1.82, 2.24) is 0 Å². The highest BCUT2D eigenvalue weighted by atomic mass is 79.9. The Morgan fingerprint density at radius 1 is 1.44 bits per heavy atom. The van der Waals surface area contributed by atoms with Crippen molar-refractivity contribution in [3.63, 3.8) is 0 Å². The van der Waals surface area contributed by atoms with Crippen molar-refractivity contribution in [2.45, 2.75) is 25.4 Å². The summed E-state index contributed by atoms with van der Waals surface area (Å²) in [4.78, 5) is 12.2. The number of halogens is 2. The molecule has 18 heavy (non-hydrogen) atoms. The minimum Gasteiger partial charge on any atom is -0.399 e. The third-order valence-corrected chi connectivity index (χ3v) is 4.25. The molecule has 0 aromatic heterocycles. The molecule has 0 aliphatic carbocycles. The molecule has 6 heteroatoms. The number of carbonyl (C=O) groups excluding carboxylic acids is 1. The topological polar surface area (TPSA) is 64.4 Å². The zero-order valence-corrected chi connectivity index (χ0v) is 13.1. The normalized spacial score (nSPS) is 23.1. The van der Waals surface area contributed by atoms with Gasteiger partial charge in [-0.3, -0.25) is 4.79 Å². The Morgan fingerprint density at radius 3 is 2.56 bits per heavy atom. The number of ether oxygens (including phenoxy) is 1. The molecule has 4 nitrogen and oxygen atoms in total. The third-order valence-electron chi connectivity index (χ3n) is 3.00. The second kappa shape index (κ2) is 5.19. The maximum atomic E-state index is 12.2. The maximum absolute atomic E-state index is 12.2. The summed E-state index contributed by atoms with van der Waals surface area (Å²) in [5.74, 6) is -0.133. The second-order valence-electron chi connectivity index (χ2n) is 4.50. The highest BCUT2D eigenvalue weighted by Gasteiger charge is 2.38. The van der Waals surface area contributed by atoms with Crippen LogP contribution < -0.4 is 11.1 Å². The van der Waals surface area contributed by atoms with Gasteiger partial charge in [0.2, 0.25) is 0 Å². The summed E-state index contributed by atoms with van der Waals surface area (Å²) in [5.41, 5.74) is 6.27. The van der Waals surface area contributed by atoms with Gasteiger partial charge in [-0.15, -0.1) is 0 Å². The van der Waals surface area contributed by atoms with Crippen molar-refractivity contribution >= 4 is 49.1 Å². The molecule has 1 fully saturated rings. The lowest BCUT2D eigenvalue weighted by Crippen LogP contribution is -2.39. The van der Waals surface area contributed by atoms with Crippen molar-refractivity contribution < 1.29 is 9.53 Å². The third kappa shape index (κ3) is 2.70. The van der Waals surface area contributed by atoms with Crippen LogP contribution in [0.15, 0.2) is 21.1 Å². The van der Waals surface area contributed by atoms with E-state index in [1.165, 1.54) is 0 Å². The van der Waals surface area contributed by atoms with Gasteiger partial charge < -0.3 is 15.8 Å². The first-order valence-corrected chi connectivity index (χ1v) is 7.21. The summed E-state index contributed by atoms with van der Waals surface area (Å²) in [6.45, 7) is 2.45. The lowest BCUT2D eigenvalue weighted by atomic mass is 10.0. The van der Waals surface area contributed by atoms with E-state index in [2.05, 4.69) is 37.2 Å². The Bertz CT molecular complexity index is 462. The Kier molecular flexibility index (Phi) is 3.99. The summed E-state index contributed by atoms with van der Waals surface area (Å²) in [6, 6.07) is 3.50. The smallest absolute Gasteiger partial charge is 0.256 e. The molecule has 1 unspecified atom stereocenters. The number of hydrogen-bond donors (Lipinski definition) is 2. The first-order valence-electron chi connectivity index (χ1n) is 5.62. The molecule has 0 bridgehead atoms. The van der Waals surface area contributed by atoms with Crippen LogP contribution in [0.2, 0.25) is 0 Å². The van der Waals surface area contributed by atoms with Gasteiger partial charge >= 0.3 is 0 Å². The molecule has 1 aromatic carbocycles. The number of nitrogen functional groups attached to an aromatic ring is 1. The molecule has 0 spiro atoms. The Balaban J connectivity index is 2.22. The molecule has 1 saturated heterocycles. The SMILES string of the molecule is CC1(C(=O)Nc2c(Br)cc(N)cc2Br)CCCO1. The molecule has 1 aromatic rings. The zero-order valence-electron chi connectivity index (χ0n) is 9.93. The van der Waals surface area contributed by atoms with Gasteiger partial charge in [-0.05, 0) is 63.8 Å². The van der Waals surface area contributed by atoms with E-state index in [-0.39, 0.29) is 5.91 Å². The van der Waals surface area contributed by atoms with Crippen molar-refractivity contribution in [3.8, 4) is 0 Å². The van der Waals surface area contributed by atoms with Crippen LogP contribution in [0.4, 0.5) is 11.4 Å². The largest absolute Gasteiger partial charge is 0.399 e. The van der Waals surface area contributed by atoms with Gasteiger partial charge in [0.15, 0.2) is 0 Å². The summed E-state index contributed by atoms with van der Waals surface area (Å²) < 4.78 is 6.99. The minimum atomic E-state index is -0.736. The Morgan fingerprint density at radius 2 is 2.06 bits per heavy atom. The van der Waals surface area contributed by atoms with Crippen LogP contribution in [-0.4, -0.2) is 18.1 Å². The Hall–Kier alpha value is -0.590. The fourth-order valence-corrected chi connectivity index (χ4v) is 3.34. The fraction of sp³-hybridized carbons (Fsp3) is 0.417. The fourth-order valence-electron chi connectivity index (χ4n) is 1.92. The Labute approximate surface area is 123 Å². The molecule has 3 N–H and O–H groups in total. The lowest BCUT2D eigenvalue weighted by Gasteiger charge is -2.22. The van der Waals surface area contributed by atoms with Gasteiger partial charge in [-0.1, -0.05) is 0 Å². The van der Waals surface area contributed by atoms with E-state index in [1.807, 2.05) is 6.92 Å². The van der Waals surface area contributed by atoms with Gasteiger partial charge in [0.25, 0.3) is 5.91 Å². The van der Waals surface area contributed by atoms with Crippen molar-refractivity contribution in [1.29, 1.82) is 0 Å². The van der Waals surface area contributed by atoms with E-state index in [4.69, 9.17) is 10.5 Å². The van der Waals surface area contributed by atoms with Crippen LogP contribution in [-0.2, 0) is 9.53 Å². The van der Waals surface area contributed by atoms with Crippen LogP contribution >= 0.6 is 31.9 Å². The lowest BCUT2D eigenvalue weighted by molar-refractivity contribution is -0.133. The van der Waals surface area contributed by atoms with Gasteiger partial charge in [-0.25, -0.2) is 0 Å². The molecular weight excluding hydrogens is 364 g/mol. The predicted molar refractivity (Wildman–Crippen MR) is 78.5 cm³/mol. The molecular formula is C12H14Br2N2O2. The number of anilines is 2. The average Bonchev–Trinajstić information content (AvgIpc) is 2.71. The van der Waals surface area contributed by atoms with E-state index in [0.717, 1.165) is 21.8 Å². The molecule has 98 valence electrons. The monoisotopic (exact) mass is 376 g/mol. The van der Waals surface area contributed by atoms with E-state index in [9.17, 15) is 4.79 Å². The van der Waals surface area contributed by atoms with Crippen LogP contribution in [0.5, 0.6) is 0 Å². The average molecular weight is 378 g/mol. The summed E-state index contributed by atoms with van der Waals surface area (Å²) in [7, 11) is 0. The second-order valence-corrected chi connectivity index (χ2v) is 6.21. The van der Waals surface area contributed by atoms with E-state index < -0.39 is 5.60 Å². The summed E-state index contributed by atoms with van der Waals surface area (Å²) >= 11 is 6.77. The standard InChI is InChI=1S/C12H14Br2N2O2/c1-12(3-2-4-18-12)11(17)16-10-8(13)5-7(15)6-9(10)14/h5-6H,2-4,15H2,1H3,(H,16,17). The van der Waals surface area contributed by atoms with Gasteiger partial charge in [-0.2, -0.15) is 0 Å². The van der Waals surface area contributed by atoms with Crippen molar-refractivity contribution in [2.75, 3.05) is 17.7 Å². The summed E-state index contributed by atoms with van der Waals surface area (Å²) in [6.07, 6.45) is 1.65. The van der Waals surface area contributed by atoms with Crippen LogP contribution in [0.3, 0.4) is 0 Å². The highest BCUT2D eigenvalue weighted by molar-refractivity contribution is 9.11. The molecule has 1 atom stereocenters. The molecule has 1 aliphatic rings. The zero-order chi connectivity index (χ0) is 13.3. The number of nitrogens with one attached hydrogen (secondary N) is 1.